The van der Waals surface area contributed by atoms with Crippen LogP contribution in [0, 0.1) is 0 Å². The Labute approximate surface area is 166 Å². The summed E-state index contributed by atoms with van der Waals surface area (Å²) in [4.78, 5) is 42.0. The Morgan fingerprint density at radius 2 is 1.61 bits per heavy atom. The van der Waals surface area contributed by atoms with Gasteiger partial charge in [0.1, 0.15) is 6.54 Å². The number of Topliss-reactive ketones (excluding diaryl/α,β-unsaturated/α-hetero) is 1. The van der Waals surface area contributed by atoms with Crippen LogP contribution in [0.1, 0.15) is 50.9 Å². The van der Waals surface area contributed by atoms with Gasteiger partial charge in [-0.25, -0.2) is 0 Å². The van der Waals surface area contributed by atoms with E-state index in [0.717, 1.165) is 31.4 Å². The van der Waals surface area contributed by atoms with Crippen molar-refractivity contribution in [1.82, 2.24) is 14.4 Å². The molecule has 1 saturated heterocycles. The summed E-state index contributed by atoms with van der Waals surface area (Å²) in [6.45, 7) is 9.39. The van der Waals surface area contributed by atoms with Crippen LogP contribution in [-0.2, 0) is 16.1 Å². The Morgan fingerprint density at radius 3 is 2.21 bits per heavy atom. The molecule has 3 rings (SSSR count). The number of benzene rings is 1. The number of nitrogens with zero attached hydrogens (tertiary/aromatic N) is 3. The first kappa shape index (κ1) is 20.1. The lowest BCUT2D eigenvalue weighted by Crippen LogP contribution is -2.45. The standard InChI is InChI=1S/C22H29N3O3/c1-15(2)25(16(3)4)22(28)21(27)18-13-24(19-10-6-5-9-17(18)19)14-20(26)23-11-7-8-12-23/h5-6,9-10,13,15-16H,7-8,11-12,14H2,1-4H3. The highest BCUT2D eigenvalue weighted by Crippen LogP contribution is 2.24. The largest absolute Gasteiger partial charge is 0.341 e. The molecular weight excluding hydrogens is 354 g/mol. The highest BCUT2D eigenvalue weighted by molar-refractivity contribution is 6.45. The van der Waals surface area contributed by atoms with Gasteiger partial charge >= 0.3 is 0 Å². The van der Waals surface area contributed by atoms with E-state index in [1.807, 2.05) is 56.9 Å². The average Bonchev–Trinajstić information content (AvgIpc) is 3.29. The minimum Gasteiger partial charge on any atom is -0.341 e. The molecular formula is C22H29N3O3. The Balaban J connectivity index is 1.94. The third-order valence-electron chi connectivity index (χ3n) is 5.34. The second kappa shape index (κ2) is 8.17. The molecule has 2 amide bonds. The molecule has 1 aliphatic rings. The molecule has 0 bridgehead atoms. The first-order chi connectivity index (χ1) is 13.3. The van der Waals surface area contributed by atoms with Crippen molar-refractivity contribution in [3.8, 4) is 0 Å². The van der Waals surface area contributed by atoms with Crippen LogP contribution < -0.4 is 0 Å². The fraction of sp³-hybridized carbons (Fsp3) is 0.500. The lowest BCUT2D eigenvalue weighted by Gasteiger charge is -2.29. The molecule has 6 heteroatoms. The van der Waals surface area contributed by atoms with Gasteiger partial charge in [-0.15, -0.1) is 0 Å². The van der Waals surface area contributed by atoms with Crippen molar-refractivity contribution >= 4 is 28.5 Å². The van der Waals surface area contributed by atoms with Crippen molar-refractivity contribution in [2.45, 2.75) is 59.2 Å². The fourth-order valence-corrected chi connectivity index (χ4v) is 4.07. The normalized spacial score (nSPS) is 14.3. The van der Waals surface area contributed by atoms with Crippen LogP contribution in [0.25, 0.3) is 10.9 Å². The number of hydrogen-bond donors (Lipinski definition) is 0. The van der Waals surface area contributed by atoms with Crippen molar-refractivity contribution in [2.24, 2.45) is 0 Å². The monoisotopic (exact) mass is 383 g/mol. The minimum absolute atomic E-state index is 0.0505. The molecule has 0 atom stereocenters. The van der Waals surface area contributed by atoms with Gasteiger partial charge in [-0.05, 0) is 46.6 Å². The number of amides is 2. The molecule has 2 aromatic rings. The van der Waals surface area contributed by atoms with Gasteiger partial charge in [0, 0.05) is 42.3 Å². The maximum absolute atomic E-state index is 13.1. The summed E-state index contributed by atoms with van der Waals surface area (Å²) in [5.41, 5.74) is 1.16. The zero-order valence-corrected chi connectivity index (χ0v) is 17.1. The number of carbonyl (C=O) groups excluding carboxylic acids is 3. The number of para-hydroxylation sites is 1. The van der Waals surface area contributed by atoms with Crippen LogP contribution >= 0.6 is 0 Å². The Bertz CT molecular complexity index is 884. The Hall–Kier alpha value is -2.63. The number of rotatable bonds is 6. The van der Waals surface area contributed by atoms with Gasteiger partial charge in [-0.3, -0.25) is 14.4 Å². The number of fused-ring (bicyclic) bond motifs is 1. The number of carbonyl (C=O) groups is 3. The molecule has 0 N–H and O–H groups in total. The fourth-order valence-electron chi connectivity index (χ4n) is 4.07. The molecule has 0 saturated carbocycles. The molecule has 150 valence electrons. The van der Waals surface area contributed by atoms with E-state index >= 15 is 0 Å². The lowest BCUT2D eigenvalue weighted by molar-refractivity contribution is -0.131. The summed E-state index contributed by atoms with van der Waals surface area (Å²) >= 11 is 0. The number of likely N-dealkylation sites (tertiary alicyclic amines) is 1. The molecule has 2 heterocycles. The molecule has 1 fully saturated rings. The third-order valence-corrected chi connectivity index (χ3v) is 5.34. The highest BCUT2D eigenvalue weighted by Gasteiger charge is 2.30. The minimum atomic E-state index is -0.522. The number of aromatic nitrogens is 1. The molecule has 0 radical (unpaired) electrons. The molecule has 1 aromatic carbocycles. The van der Waals surface area contributed by atoms with Crippen molar-refractivity contribution in [1.29, 1.82) is 0 Å². The maximum Gasteiger partial charge on any atom is 0.295 e. The van der Waals surface area contributed by atoms with Crippen molar-refractivity contribution in [3.05, 3.63) is 36.0 Å². The van der Waals surface area contributed by atoms with Gasteiger partial charge in [-0.2, -0.15) is 0 Å². The summed E-state index contributed by atoms with van der Waals surface area (Å²) in [5.74, 6) is -0.973. The first-order valence-electron chi connectivity index (χ1n) is 10.0. The van der Waals surface area contributed by atoms with Gasteiger partial charge < -0.3 is 14.4 Å². The second-order valence-electron chi connectivity index (χ2n) is 8.00. The van der Waals surface area contributed by atoms with Crippen LogP contribution in [0.2, 0.25) is 0 Å². The van der Waals surface area contributed by atoms with E-state index in [2.05, 4.69) is 0 Å². The van der Waals surface area contributed by atoms with Crippen LogP contribution in [0.5, 0.6) is 0 Å². The molecule has 6 nitrogen and oxygen atoms in total. The van der Waals surface area contributed by atoms with E-state index in [4.69, 9.17) is 0 Å². The van der Waals surface area contributed by atoms with E-state index < -0.39 is 11.7 Å². The maximum atomic E-state index is 13.1. The zero-order chi connectivity index (χ0) is 20.4. The lowest BCUT2D eigenvalue weighted by atomic mass is 10.1. The molecule has 1 aromatic heterocycles. The smallest absolute Gasteiger partial charge is 0.295 e. The van der Waals surface area contributed by atoms with E-state index in [1.165, 1.54) is 0 Å². The van der Waals surface area contributed by atoms with Crippen molar-refractivity contribution in [3.63, 3.8) is 0 Å². The predicted octanol–water partition coefficient (Wildman–Crippen LogP) is 3.09. The summed E-state index contributed by atoms with van der Waals surface area (Å²) in [6, 6.07) is 7.31. The van der Waals surface area contributed by atoms with Gasteiger partial charge in [0.15, 0.2) is 0 Å². The number of hydrogen-bond acceptors (Lipinski definition) is 3. The van der Waals surface area contributed by atoms with E-state index in [0.29, 0.717) is 10.9 Å². The van der Waals surface area contributed by atoms with E-state index in [1.54, 1.807) is 15.7 Å². The number of ketones is 1. The van der Waals surface area contributed by atoms with Crippen LogP contribution in [0.3, 0.4) is 0 Å². The van der Waals surface area contributed by atoms with Crippen molar-refractivity contribution < 1.29 is 14.4 Å². The third kappa shape index (κ3) is 3.81. The van der Waals surface area contributed by atoms with Gasteiger partial charge in [-0.1, -0.05) is 18.2 Å². The summed E-state index contributed by atoms with van der Waals surface area (Å²) in [6.07, 6.45) is 3.74. The van der Waals surface area contributed by atoms with Gasteiger partial charge in [0.05, 0.1) is 5.56 Å². The zero-order valence-electron chi connectivity index (χ0n) is 17.1. The van der Waals surface area contributed by atoms with Crippen molar-refractivity contribution in [2.75, 3.05) is 13.1 Å². The van der Waals surface area contributed by atoms with Gasteiger partial charge in [0.25, 0.3) is 11.7 Å². The molecule has 0 aliphatic carbocycles. The SMILES string of the molecule is CC(C)N(C(=O)C(=O)c1cn(CC(=O)N2CCCC2)c2ccccc12)C(C)C. The van der Waals surface area contributed by atoms with Crippen LogP contribution in [0.15, 0.2) is 30.5 Å². The van der Waals surface area contributed by atoms with E-state index in [-0.39, 0.29) is 24.5 Å². The molecule has 1 aliphatic heterocycles. The highest BCUT2D eigenvalue weighted by atomic mass is 16.2. The summed E-state index contributed by atoms with van der Waals surface area (Å²) in [5, 5.41) is 0.711. The summed E-state index contributed by atoms with van der Waals surface area (Å²) in [7, 11) is 0. The van der Waals surface area contributed by atoms with E-state index in [9.17, 15) is 14.4 Å². The quantitative estimate of drug-likeness (QED) is 0.569. The molecule has 0 spiro atoms. The van der Waals surface area contributed by atoms with Crippen LogP contribution in [0.4, 0.5) is 0 Å². The first-order valence-corrected chi connectivity index (χ1v) is 10.0. The molecule has 0 unspecified atom stereocenters. The topological polar surface area (TPSA) is 62.6 Å². The molecule has 28 heavy (non-hydrogen) atoms. The average molecular weight is 383 g/mol. The Kier molecular flexibility index (Phi) is 5.87. The second-order valence-corrected chi connectivity index (χ2v) is 8.00. The van der Waals surface area contributed by atoms with Gasteiger partial charge in [0.2, 0.25) is 5.91 Å². The summed E-state index contributed by atoms with van der Waals surface area (Å²) < 4.78 is 1.80. The Morgan fingerprint density at radius 1 is 1.00 bits per heavy atom. The predicted molar refractivity (Wildman–Crippen MR) is 109 cm³/mol. The van der Waals surface area contributed by atoms with Crippen LogP contribution in [-0.4, -0.2) is 57.1 Å².